The van der Waals surface area contributed by atoms with Gasteiger partial charge in [0.05, 0.1) is 6.54 Å². The van der Waals surface area contributed by atoms with Crippen LogP contribution in [-0.2, 0) is 4.79 Å². The topological polar surface area (TPSA) is 29.4 Å². The van der Waals surface area contributed by atoms with Crippen LogP contribution >= 0.6 is 0 Å². The lowest BCUT2D eigenvalue weighted by Gasteiger charge is -2.02. The SMILES string of the molecule is CCCCCCCCCCCCCC[CH]N=C=O. The molecule has 0 unspecified atom stereocenters. The van der Waals surface area contributed by atoms with Crippen molar-refractivity contribution >= 4 is 6.08 Å². The molecule has 0 fully saturated rings. The molecule has 0 amide bonds. The van der Waals surface area contributed by atoms with E-state index in [9.17, 15) is 4.79 Å². The number of carbonyl (C=O) groups excluding carboxylic acids is 1. The van der Waals surface area contributed by atoms with Gasteiger partial charge in [0, 0.05) is 0 Å². The average Bonchev–Trinajstić information content (AvgIpc) is 2.39. The first-order valence-corrected chi connectivity index (χ1v) is 7.80. The number of unbranched alkanes of at least 4 members (excludes halogenated alkanes) is 12. The molecule has 0 aliphatic carbocycles. The van der Waals surface area contributed by atoms with Gasteiger partial charge in [0.15, 0.2) is 0 Å². The van der Waals surface area contributed by atoms with Gasteiger partial charge in [0.1, 0.15) is 0 Å². The van der Waals surface area contributed by atoms with Crippen molar-refractivity contribution in [1.82, 2.24) is 0 Å². The van der Waals surface area contributed by atoms with Crippen LogP contribution in [0.3, 0.4) is 0 Å². The lowest BCUT2D eigenvalue weighted by Crippen LogP contribution is -1.82. The van der Waals surface area contributed by atoms with Gasteiger partial charge in [-0.25, -0.2) is 9.79 Å². The zero-order valence-electron chi connectivity index (χ0n) is 12.1. The number of hydrogen-bond donors (Lipinski definition) is 0. The Morgan fingerprint density at radius 2 is 1.22 bits per heavy atom. The molecule has 0 N–H and O–H groups in total. The van der Waals surface area contributed by atoms with Crippen LogP contribution in [0.4, 0.5) is 0 Å². The molecular formula is C16H30NO. The molecule has 0 atom stereocenters. The summed E-state index contributed by atoms with van der Waals surface area (Å²) in [6.07, 6.45) is 18.8. The van der Waals surface area contributed by atoms with Crippen molar-refractivity contribution in [3.8, 4) is 0 Å². The van der Waals surface area contributed by atoms with Crippen LogP contribution < -0.4 is 0 Å². The highest BCUT2D eigenvalue weighted by Crippen LogP contribution is 2.12. The third kappa shape index (κ3) is 15.4. The molecular weight excluding hydrogens is 222 g/mol. The minimum absolute atomic E-state index is 0.923. The molecule has 2 heteroatoms. The summed E-state index contributed by atoms with van der Waals surface area (Å²) < 4.78 is 0. The van der Waals surface area contributed by atoms with Gasteiger partial charge in [-0.15, -0.1) is 0 Å². The third-order valence-corrected chi connectivity index (χ3v) is 3.33. The second-order valence-electron chi connectivity index (χ2n) is 5.08. The molecule has 0 spiro atoms. The number of isocyanates is 1. The van der Waals surface area contributed by atoms with Crippen LogP contribution in [0.5, 0.6) is 0 Å². The Morgan fingerprint density at radius 1 is 0.778 bits per heavy atom. The van der Waals surface area contributed by atoms with Crippen LogP contribution in [-0.4, -0.2) is 6.08 Å². The highest BCUT2D eigenvalue weighted by atomic mass is 16.1. The molecule has 105 valence electrons. The maximum absolute atomic E-state index is 9.80. The van der Waals surface area contributed by atoms with Gasteiger partial charge >= 0.3 is 0 Å². The average molecular weight is 252 g/mol. The Kier molecular flexibility index (Phi) is 15.8. The van der Waals surface area contributed by atoms with Crippen molar-refractivity contribution in [3.63, 3.8) is 0 Å². The first kappa shape index (κ1) is 17.4. The molecule has 0 heterocycles. The van der Waals surface area contributed by atoms with E-state index in [2.05, 4.69) is 11.9 Å². The van der Waals surface area contributed by atoms with E-state index in [-0.39, 0.29) is 0 Å². The van der Waals surface area contributed by atoms with Crippen LogP contribution in [0.15, 0.2) is 4.99 Å². The van der Waals surface area contributed by atoms with Crippen molar-refractivity contribution in [3.05, 3.63) is 6.54 Å². The second-order valence-corrected chi connectivity index (χ2v) is 5.08. The summed E-state index contributed by atoms with van der Waals surface area (Å²) >= 11 is 0. The van der Waals surface area contributed by atoms with Gasteiger partial charge in [-0.2, -0.15) is 0 Å². The normalized spacial score (nSPS) is 10.3. The molecule has 0 rings (SSSR count). The Balaban J connectivity index is 2.92. The van der Waals surface area contributed by atoms with E-state index >= 15 is 0 Å². The predicted octanol–water partition coefficient (Wildman–Crippen LogP) is 5.58. The Morgan fingerprint density at radius 3 is 1.67 bits per heavy atom. The largest absolute Gasteiger partial charge is 0.235 e. The Hall–Kier alpha value is -0.620. The van der Waals surface area contributed by atoms with E-state index in [1.54, 1.807) is 6.54 Å². The zero-order chi connectivity index (χ0) is 13.3. The van der Waals surface area contributed by atoms with Gasteiger partial charge in [0.25, 0.3) is 0 Å². The van der Waals surface area contributed by atoms with Crippen molar-refractivity contribution < 1.29 is 4.79 Å². The fraction of sp³-hybridized carbons (Fsp3) is 0.875. The van der Waals surface area contributed by atoms with Crippen LogP contribution in [0.1, 0.15) is 90.4 Å². The number of aliphatic imine (C=N–C) groups is 1. The smallest absolute Gasteiger partial charge is 0.211 e. The molecule has 18 heavy (non-hydrogen) atoms. The van der Waals surface area contributed by atoms with E-state index in [0.29, 0.717) is 0 Å². The summed E-state index contributed by atoms with van der Waals surface area (Å²) in [4.78, 5) is 13.2. The lowest BCUT2D eigenvalue weighted by molar-refractivity contribution is 0.542. The number of hydrogen-bond acceptors (Lipinski definition) is 2. The van der Waals surface area contributed by atoms with E-state index in [0.717, 1.165) is 12.8 Å². The van der Waals surface area contributed by atoms with Gasteiger partial charge in [-0.1, -0.05) is 84.0 Å². The minimum Gasteiger partial charge on any atom is -0.211 e. The molecule has 0 aliphatic heterocycles. The summed E-state index contributed by atoms with van der Waals surface area (Å²) in [5.74, 6) is 0. The van der Waals surface area contributed by atoms with E-state index < -0.39 is 0 Å². The Labute approximate surface area is 113 Å². The highest BCUT2D eigenvalue weighted by molar-refractivity contribution is 5.33. The van der Waals surface area contributed by atoms with Crippen molar-refractivity contribution in [2.45, 2.75) is 90.4 Å². The predicted molar refractivity (Wildman–Crippen MR) is 78.1 cm³/mol. The van der Waals surface area contributed by atoms with Crippen molar-refractivity contribution in [2.24, 2.45) is 4.99 Å². The van der Waals surface area contributed by atoms with Gasteiger partial charge in [0.2, 0.25) is 6.08 Å². The van der Waals surface area contributed by atoms with Gasteiger partial charge < -0.3 is 0 Å². The molecule has 0 saturated carbocycles. The third-order valence-electron chi connectivity index (χ3n) is 3.33. The lowest BCUT2D eigenvalue weighted by atomic mass is 10.0. The van der Waals surface area contributed by atoms with Crippen LogP contribution in [0.2, 0.25) is 0 Å². The summed E-state index contributed by atoms with van der Waals surface area (Å²) in [6, 6.07) is 0. The standard InChI is InChI=1S/C16H30NO/c1-2-3-4-5-6-7-8-9-10-11-12-13-14-15-17-16-18/h15H,2-14H2,1H3. The fourth-order valence-corrected chi connectivity index (χ4v) is 2.18. The molecule has 0 aromatic heterocycles. The van der Waals surface area contributed by atoms with Crippen LogP contribution in [0.25, 0.3) is 0 Å². The first-order chi connectivity index (χ1) is 8.91. The molecule has 0 aromatic rings. The zero-order valence-corrected chi connectivity index (χ0v) is 12.1. The van der Waals surface area contributed by atoms with Crippen molar-refractivity contribution in [2.75, 3.05) is 0 Å². The minimum atomic E-state index is 0.923. The van der Waals surface area contributed by atoms with E-state index in [1.165, 1.54) is 76.7 Å². The first-order valence-electron chi connectivity index (χ1n) is 7.80. The van der Waals surface area contributed by atoms with Gasteiger partial charge in [-0.05, 0) is 6.42 Å². The van der Waals surface area contributed by atoms with Crippen LogP contribution in [0, 0.1) is 6.54 Å². The van der Waals surface area contributed by atoms with E-state index in [4.69, 9.17) is 0 Å². The van der Waals surface area contributed by atoms with Crippen molar-refractivity contribution in [1.29, 1.82) is 0 Å². The summed E-state index contributed by atoms with van der Waals surface area (Å²) in [5, 5.41) is 0. The molecule has 2 nitrogen and oxygen atoms in total. The maximum atomic E-state index is 9.80. The molecule has 0 aromatic carbocycles. The monoisotopic (exact) mass is 252 g/mol. The molecule has 0 saturated heterocycles. The quantitative estimate of drug-likeness (QED) is 0.225. The maximum Gasteiger partial charge on any atom is 0.235 e. The number of nitrogens with zero attached hydrogens (tertiary/aromatic N) is 1. The summed E-state index contributed by atoms with van der Waals surface area (Å²) in [7, 11) is 0. The fourth-order valence-electron chi connectivity index (χ4n) is 2.18. The highest BCUT2D eigenvalue weighted by Gasteiger charge is 1.93. The molecule has 0 aliphatic rings. The van der Waals surface area contributed by atoms with Gasteiger partial charge in [-0.3, -0.25) is 0 Å². The Bertz CT molecular complexity index is 197. The second kappa shape index (κ2) is 16.4. The summed E-state index contributed by atoms with van der Waals surface area (Å²) in [5.41, 5.74) is 0. The van der Waals surface area contributed by atoms with E-state index in [1.807, 2.05) is 0 Å². The molecule has 0 bridgehead atoms. The summed E-state index contributed by atoms with van der Waals surface area (Å²) in [6.45, 7) is 3.94. The number of rotatable bonds is 14. The molecule has 1 radical (unpaired) electrons.